The van der Waals surface area contributed by atoms with Crippen molar-refractivity contribution in [3.05, 3.63) is 41.7 Å². The van der Waals surface area contributed by atoms with Crippen LogP contribution >= 0.6 is 0 Å². The maximum absolute atomic E-state index is 10.7. The van der Waals surface area contributed by atoms with Gasteiger partial charge in [0, 0.05) is 19.0 Å². The average molecular weight is 413 g/mol. The Morgan fingerprint density at radius 2 is 1.87 bits per heavy atom. The number of nitrogens with one attached hydrogen (secondary N) is 1. The molecule has 8 nitrogen and oxygen atoms in total. The van der Waals surface area contributed by atoms with Crippen LogP contribution in [0.15, 0.2) is 30.3 Å². The first-order chi connectivity index (χ1) is 14.7. The smallest absolute Gasteiger partial charge is 0.404 e. The van der Waals surface area contributed by atoms with Gasteiger partial charge in [0.25, 0.3) is 0 Å². The highest BCUT2D eigenvalue weighted by Crippen LogP contribution is 2.37. The van der Waals surface area contributed by atoms with E-state index in [4.69, 9.17) is 10.2 Å². The highest BCUT2D eigenvalue weighted by molar-refractivity contribution is 5.64. The van der Waals surface area contributed by atoms with Gasteiger partial charge in [-0.15, -0.1) is 10.2 Å². The van der Waals surface area contributed by atoms with Crippen LogP contribution in [0.5, 0.6) is 0 Å². The van der Waals surface area contributed by atoms with Gasteiger partial charge >= 0.3 is 6.09 Å². The van der Waals surface area contributed by atoms with E-state index in [0.29, 0.717) is 30.8 Å². The molecule has 2 aromatic rings. The Morgan fingerprint density at radius 1 is 1.13 bits per heavy atom. The van der Waals surface area contributed by atoms with Gasteiger partial charge in [-0.1, -0.05) is 43.2 Å². The molecule has 1 saturated carbocycles. The maximum Gasteiger partial charge on any atom is 0.404 e. The minimum absolute atomic E-state index is 0.325. The third-order valence-electron chi connectivity index (χ3n) is 6.64. The summed E-state index contributed by atoms with van der Waals surface area (Å²) < 4.78 is 0. The van der Waals surface area contributed by atoms with Crippen LogP contribution in [0, 0.1) is 11.8 Å². The molecule has 2 N–H and O–H groups in total. The molecule has 1 atom stereocenters. The Bertz CT molecular complexity index is 797. The van der Waals surface area contributed by atoms with E-state index in [-0.39, 0.29) is 0 Å². The molecule has 30 heavy (non-hydrogen) atoms. The Hall–Kier alpha value is -2.48. The quantitative estimate of drug-likeness (QED) is 0.692. The number of piperidine rings is 1. The van der Waals surface area contributed by atoms with Gasteiger partial charge in [-0.25, -0.2) is 4.79 Å². The van der Waals surface area contributed by atoms with Crippen LogP contribution in [0.2, 0.25) is 0 Å². The Labute approximate surface area is 177 Å². The van der Waals surface area contributed by atoms with Crippen molar-refractivity contribution in [3.8, 4) is 0 Å². The minimum Gasteiger partial charge on any atom is -0.465 e. The van der Waals surface area contributed by atoms with Crippen molar-refractivity contribution < 1.29 is 9.90 Å². The van der Waals surface area contributed by atoms with E-state index in [2.05, 4.69) is 32.7 Å². The second kappa shape index (κ2) is 10.0. The van der Waals surface area contributed by atoms with Crippen LogP contribution in [0.3, 0.4) is 0 Å². The molecule has 1 amide bonds. The molecule has 0 radical (unpaired) electrons. The van der Waals surface area contributed by atoms with Crippen LogP contribution in [-0.4, -0.2) is 62.5 Å². The van der Waals surface area contributed by atoms with Gasteiger partial charge in [0.05, 0.1) is 6.54 Å². The lowest BCUT2D eigenvalue weighted by Crippen LogP contribution is -2.41. The normalized spacial score (nSPS) is 19.7. The van der Waals surface area contributed by atoms with Crippen LogP contribution < -0.4 is 5.32 Å². The van der Waals surface area contributed by atoms with Crippen molar-refractivity contribution in [3.63, 3.8) is 0 Å². The number of likely N-dealkylation sites (tertiary alicyclic amines) is 1. The fourth-order valence-corrected chi connectivity index (χ4v) is 4.90. The zero-order valence-electron chi connectivity index (χ0n) is 17.5. The molecule has 0 bridgehead atoms. The molecule has 1 aromatic carbocycles. The van der Waals surface area contributed by atoms with Crippen molar-refractivity contribution in [1.29, 1.82) is 0 Å². The number of hydrogen-bond donors (Lipinski definition) is 2. The van der Waals surface area contributed by atoms with Gasteiger partial charge in [-0.3, -0.25) is 0 Å². The molecule has 2 heterocycles. The fourth-order valence-electron chi connectivity index (χ4n) is 4.90. The highest BCUT2D eigenvalue weighted by atomic mass is 16.4. The molecule has 1 saturated heterocycles. The summed E-state index contributed by atoms with van der Waals surface area (Å²) in [7, 11) is 0. The van der Waals surface area contributed by atoms with Crippen molar-refractivity contribution >= 4 is 6.09 Å². The summed E-state index contributed by atoms with van der Waals surface area (Å²) in [6.07, 6.45) is 6.22. The standard InChI is InChI=1S/C22H32N6O2/c29-22(30)23-14-17-10-12-27(13-11-17)16-20(19-8-4-5-9-19)21-24-26-28(25-21)15-18-6-2-1-3-7-18/h1-3,6-7,17,19-20,23H,4-5,8-16H2,(H,29,30). The number of carboxylic acid groups (broad SMARTS) is 1. The third-order valence-corrected chi connectivity index (χ3v) is 6.64. The monoisotopic (exact) mass is 412 g/mol. The molecule has 1 aliphatic carbocycles. The lowest BCUT2D eigenvalue weighted by molar-refractivity contribution is 0.153. The molecule has 162 valence electrons. The number of rotatable bonds is 8. The van der Waals surface area contributed by atoms with Gasteiger partial charge < -0.3 is 15.3 Å². The number of amides is 1. The predicted molar refractivity (Wildman–Crippen MR) is 113 cm³/mol. The van der Waals surface area contributed by atoms with Crippen LogP contribution in [0.25, 0.3) is 0 Å². The van der Waals surface area contributed by atoms with Crippen molar-refractivity contribution in [2.45, 2.75) is 51.0 Å². The number of hydrogen-bond acceptors (Lipinski definition) is 5. The zero-order chi connectivity index (χ0) is 20.8. The van der Waals surface area contributed by atoms with Gasteiger partial charge in [-0.05, 0) is 61.4 Å². The topological polar surface area (TPSA) is 96.2 Å². The summed E-state index contributed by atoms with van der Waals surface area (Å²) in [5, 5.41) is 24.9. The molecule has 2 fully saturated rings. The fraction of sp³-hybridized carbons (Fsp3) is 0.636. The molecule has 4 rings (SSSR count). The van der Waals surface area contributed by atoms with Crippen LogP contribution in [0.1, 0.15) is 55.8 Å². The van der Waals surface area contributed by atoms with E-state index in [1.165, 1.54) is 31.2 Å². The van der Waals surface area contributed by atoms with E-state index < -0.39 is 6.09 Å². The number of carbonyl (C=O) groups is 1. The third kappa shape index (κ3) is 5.56. The molecule has 1 aromatic heterocycles. The van der Waals surface area contributed by atoms with Gasteiger partial charge in [0.15, 0.2) is 5.82 Å². The van der Waals surface area contributed by atoms with Crippen molar-refractivity contribution in [2.24, 2.45) is 11.8 Å². The first kappa shape index (κ1) is 20.8. The number of tetrazole rings is 1. The minimum atomic E-state index is -0.927. The molecular formula is C22H32N6O2. The molecule has 8 heteroatoms. The SMILES string of the molecule is O=C(O)NCC1CCN(CC(c2nnn(Cc3ccccc3)n2)C2CCCC2)CC1. The Morgan fingerprint density at radius 3 is 2.57 bits per heavy atom. The van der Waals surface area contributed by atoms with Crippen molar-refractivity contribution in [2.75, 3.05) is 26.2 Å². The second-order valence-corrected chi connectivity index (χ2v) is 8.74. The first-order valence-corrected chi connectivity index (χ1v) is 11.2. The summed E-state index contributed by atoms with van der Waals surface area (Å²) in [5.41, 5.74) is 1.18. The number of benzene rings is 1. The molecular weight excluding hydrogens is 380 g/mol. The molecule has 2 aliphatic rings. The summed E-state index contributed by atoms with van der Waals surface area (Å²) in [6.45, 7) is 4.19. The summed E-state index contributed by atoms with van der Waals surface area (Å²) in [5.74, 6) is 2.27. The number of aromatic nitrogens is 4. The van der Waals surface area contributed by atoms with E-state index >= 15 is 0 Å². The van der Waals surface area contributed by atoms with Gasteiger partial charge in [-0.2, -0.15) is 4.80 Å². The van der Waals surface area contributed by atoms with Crippen LogP contribution in [0.4, 0.5) is 4.79 Å². The van der Waals surface area contributed by atoms with Crippen molar-refractivity contribution in [1.82, 2.24) is 30.4 Å². The highest BCUT2D eigenvalue weighted by Gasteiger charge is 2.32. The van der Waals surface area contributed by atoms with E-state index in [9.17, 15) is 4.79 Å². The Kier molecular flexibility index (Phi) is 6.94. The molecule has 1 unspecified atom stereocenters. The number of nitrogens with zero attached hydrogens (tertiary/aromatic N) is 5. The van der Waals surface area contributed by atoms with Gasteiger partial charge in [0.1, 0.15) is 0 Å². The van der Waals surface area contributed by atoms with Gasteiger partial charge in [0.2, 0.25) is 0 Å². The zero-order valence-corrected chi connectivity index (χ0v) is 17.5. The summed E-state index contributed by atoms with van der Waals surface area (Å²) in [6, 6.07) is 10.2. The largest absolute Gasteiger partial charge is 0.465 e. The summed E-state index contributed by atoms with van der Waals surface area (Å²) in [4.78, 5) is 15.0. The van der Waals surface area contributed by atoms with E-state index in [1.807, 2.05) is 18.2 Å². The first-order valence-electron chi connectivity index (χ1n) is 11.2. The Balaban J connectivity index is 1.37. The van der Waals surface area contributed by atoms with E-state index in [0.717, 1.165) is 38.3 Å². The average Bonchev–Trinajstić information content (AvgIpc) is 3.45. The predicted octanol–water partition coefficient (Wildman–Crippen LogP) is 2.97. The van der Waals surface area contributed by atoms with Crippen LogP contribution in [-0.2, 0) is 6.54 Å². The van der Waals surface area contributed by atoms with E-state index in [1.54, 1.807) is 4.80 Å². The second-order valence-electron chi connectivity index (χ2n) is 8.74. The molecule has 1 aliphatic heterocycles. The lowest BCUT2D eigenvalue weighted by Gasteiger charge is -2.35. The summed E-state index contributed by atoms with van der Waals surface area (Å²) >= 11 is 0. The lowest BCUT2D eigenvalue weighted by atomic mass is 9.88. The molecule has 0 spiro atoms. The maximum atomic E-state index is 10.7.